The van der Waals surface area contributed by atoms with E-state index in [9.17, 15) is 18.5 Å². The molecule has 0 saturated carbocycles. The van der Waals surface area contributed by atoms with Gasteiger partial charge in [-0.15, -0.1) is 0 Å². The molecule has 8 heteroatoms. The third-order valence-electron chi connectivity index (χ3n) is 3.07. The average Bonchev–Trinajstić information content (AvgIpc) is 2.32. The van der Waals surface area contributed by atoms with E-state index in [0.717, 1.165) is 0 Å². The summed E-state index contributed by atoms with van der Waals surface area (Å²) in [4.78, 5) is 10.5. The molecule has 0 saturated heterocycles. The molecule has 0 atom stereocenters. The van der Waals surface area contributed by atoms with Crippen LogP contribution in [0.4, 0.5) is 5.69 Å². The zero-order valence-electron chi connectivity index (χ0n) is 12.1. The minimum atomic E-state index is -3.84. The lowest BCUT2D eigenvalue weighted by Crippen LogP contribution is -2.26. The molecule has 1 rings (SSSR count). The van der Waals surface area contributed by atoms with Gasteiger partial charge in [0.1, 0.15) is 0 Å². The van der Waals surface area contributed by atoms with Crippen molar-refractivity contribution < 1.29 is 13.3 Å². The minimum Gasteiger partial charge on any atom is -0.258 e. The van der Waals surface area contributed by atoms with Gasteiger partial charge in [0.25, 0.3) is 5.69 Å². The Bertz CT molecular complexity index is 705. The van der Waals surface area contributed by atoms with Gasteiger partial charge in [0.2, 0.25) is 10.0 Å². The van der Waals surface area contributed by atoms with Crippen molar-refractivity contribution in [1.82, 2.24) is 4.72 Å². The molecule has 0 unspecified atom stereocenters. The molecule has 21 heavy (non-hydrogen) atoms. The first-order valence-electron chi connectivity index (χ1n) is 6.34. The van der Waals surface area contributed by atoms with Crippen LogP contribution < -0.4 is 4.72 Å². The molecule has 0 bridgehead atoms. The van der Waals surface area contributed by atoms with Crippen molar-refractivity contribution in [3.63, 3.8) is 0 Å². The van der Waals surface area contributed by atoms with Crippen LogP contribution in [0.2, 0.25) is 0 Å². The fourth-order valence-electron chi connectivity index (χ4n) is 2.30. The summed E-state index contributed by atoms with van der Waals surface area (Å²) in [5.74, 6) is 0. The predicted molar refractivity (Wildman–Crippen MR) is 77.3 cm³/mol. The molecule has 114 valence electrons. The molecule has 1 aromatic carbocycles. The highest BCUT2D eigenvalue weighted by Crippen LogP contribution is 2.31. The van der Waals surface area contributed by atoms with Gasteiger partial charge in [0.15, 0.2) is 0 Å². The number of hydrogen-bond acceptors (Lipinski definition) is 5. The van der Waals surface area contributed by atoms with Crippen LogP contribution in [0.1, 0.15) is 29.5 Å². The van der Waals surface area contributed by atoms with Crippen molar-refractivity contribution >= 4 is 15.7 Å². The Hall–Kier alpha value is -1.98. The number of benzene rings is 1. The number of rotatable bonds is 6. The number of unbranched alkanes of at least 4 members (excludes halogenated alkanes) is 1. The smallest absolute Gasteiger partial charge is 0.258 e. The number of nitro benzene ring substituents is 1. The number of nitrogens with zero attached hydrogens (tertiary/aromatic N) is 2. The van der Waals surface area contributed by atoms with Gasteiger partial charge in [-0.1, -0.05) is 0 Å². The Kier molecular flexibility index (Phi) is 5.41. The molecule has 1 aromatic rings. The summed E-state index contributed by atoms with van der Waals surface area (Å²) >= 11 is 0. The van der Waals surface area contributed by atoms with Crippen molar-refractivity contribution in [2.45, 2.75) is 38.5 Å². The van der Waals surface area contributed by atoms with Gasteiger partial charge < -0.3 is 0 Å². The van der Waals surface area contributed by atoms with E-state index in [1.54, 1.807) is 13.8 Å². The summed E-state index contributed by atoms with van der Waals surface area (Å²) in [5.41, 5.74) is 0.838. The Morgan fingerprint density at radius 2 is 1.95 bits per heavy atom. The molecule has 0 amide bonds. The Morgan fingerprint density at radius 3 is 2.48 bits per heavy atom. The van der Waals surface area contributed by atoms with Gasteiger partial charge in [0.05, 0.1) is 15.9 Å². The highest BCUT2D eigenvalue weighted by Gasteiger charge is 2.27. The van der Waals surface area contributed by atoms with E-state index in [1.807, 2.05) is 6.07 Å². The largest absolute Gasteiger partial charge is 0.276 e. The number of nitrogens with one attached hydrogen (secondary N) is 1. The SMILES string of the molecule is Cc1cc(C)c(S(=O)(=O)NCCCC#N)c(C)c1[N+](=O)[O-]. The van der Waals surface area contributed by atoms with Gasteiger partial charge in [-0.25, -0.2) is 13.1 Å². The average molecular weight is 311 g/mol. The van der Waals surface area contributed by atoms with E-state index in [0.29, 0.717) is 17.5 Å². The highest BCUT2D eigenvalue weighted by molar-refractivity contribution is 7.89. The van der Waals surface area contributed by atoms with Crippen LogP contribution in [-0.4, -0.2) is 19.9 Å². The molecule has 7 nitrogen and oxygen atoms in total. The standard InChI is InChI=1S/C13H17N3O4S/c1-9-8-10(2)13(11(3)12(9)16(17)18)21(19,20)15-7-5-4-6-14/h8,15H,4-5,7H2,1-3H3. The second-order valence-electron chi connectivity index (χ2n) is 4.73. The molecular weight excluding hydrogens is 294 g/mol. The summed E-state index contributed by atoms with van der Waals surface area (Å²) in [6.45, 7) is 4.74. The zero-order valence-corrected chi connectivity index (χ0v) is 13.0. The maximum Gasteiger partial charge on any atom is 0.276 e. The van der Waals surface area contributed by atoms with E-state index >= 15 is 0 Å². The number of nitro groups is 1. The van der Waals surface area contributed by atoms with Gasteiger partial charge in [-0.05, 0) is 38.8 Å². The van der Waals surface area contributed by atoms with E-state index in [4.69, 9.17) is 5.26 Å². The summed E-state index contributed by atoms with van der Waals surface area (Å²) in [6.07, 6.45) is 0.635. The number of hydrogen-bond donors (Lipinski definition) is 1. The molecule has 0 radical (unpaired) electrons. The molecule has 1 N–H and O–H groups in total. The van der Waals surface area contributed by atoms with E-state index in [1.165, 1.54) is 13.0 Å². The van der Waals surface area contributed by atoms with E-state index in [2.05, 4.69) is 4.72 Å². The van der Waals surface area contributed by atoms with Crippen LogP contribution in [-0.2, 0) is 10.0 Å². The molecule has 0 aliphatic heterocycles. The first kappa shape index (κ1) is 17.1. The van der Waals surface area contributed by atoms with Crippen molar-refractivity contribution in [2.24, 2.45) is 0 Å². The second kappa shape index (κ2) is 6.65. The van der Waals surface area contributed by atoms with Crippen LogP contribution in [0, 0.1) is 42.2 Å². The maximum absolute atomic E-state index is 12.3. The summed E-state index contributed by atoms with van der Waals surface area (Å²) in [5, 5.41) is 19.5. The fraction of sp³-hybridized carbons (Fsp3) is 0.462. The Labute approximate surface area is 123 Å². The maximum atomic E-state index is 12.3. The number of nitriles is 1. The highest BCUT2D eigenvalue weighted by atomic mass is 32.2. The van der Waals surface area contributed by atoms with Crippen molar-refractivity contribution in [2.75, 3.05) is 6.54 Å². The van der Waals surface area contributed by atoms with E-state index in [-0.39, 0.29) is 29.1 Å². The number of aryl methyl sites for hydroxylation is 2. The summed E-state index contributed by atoms with van der Waals surface area (Å²) in [6, 6.07) is 3.42. The van der Waals surface area contributed by atoms with Gasteiger partial charge in [-0.2, -0.15) is 5.26 Å². The monoisotopic (exact) mass is 311 g/mol. The van der Waals surface area contributed by atoms with Crippen LogP contribution in [0.15, 0.2) is 11.0 Å². The third kappa shape index (κ3) is 3.77. The molecule has 0 spiro atoms. The summed E-state index contributed by atoms with van der Waals surface area (Å²) in [7, 11) is -3.84. The fourth-order valence-corrected chi connectivity index (χ4v) is 3.84. The lowest BCUT2D eigenvalue weighted by Gasteiger charge is -2.13. The van der Waals surface area contributed by atoms with Crippen molar-refractivity contribution in [1.29, 1.82) is 5.26 Å². The lowest BCUT2D eigenvalue weighted by atomic mass is 10.1. The van der Waals surface area contributed by atoms with Gasteiger partial charge in [0, 0.05) is 24.1 Å². The Balaban J connectivity index is 3.27. The third-order valence-corrected chi connectivity index (χ3v) is 4.82. The van der Waals surface area contributed by atoms with Crippen LogP contribution in [0.3, 0.4) is 0 Å². The molecular formula is C13H17N3O4S. The van der Waals surface area contributed by atoms with E-state index < -0.39 is 14.9 Å². The van der Waals surface area contributed by atoms with Crippen molar-refractivity contribution in [3.05, 3.63) is 32.9 Å². The molecule has 0 aliphatic carbocycles. The van der Waals surface area contributed by atoms with Gasteiger partial charge >= 0.3 is 0 Å². The topological polar surface area (TPSA) is 113 Å². The summed E-state index contributed by atoms with van der Waals surface area (Å²) < 4.78 is 27.0. The van der Waals surface area contributed by atoms with Crippen molar-refractivity contribution in [3.8, 4) is 6.07 Å². The minimum absolute atomic E-state index is 0.0586. The molecule has 0 aromatic heterocycles. The number of sulfonamides is 1. The normalized spacial score (nSPS) is 11.1. The molecule has 0 fully saturated rings. The predicted octanol–water partition coefficient (Wildman–Crippen LogP) is 2.10. The first-order chi connectivity index (χ1) is 9.72. The quantitative estimate of drug-likeness (QED) is 0.491. The Morgan fingerprint density at radius 1 is 1.33 bits per heavy atom. The van der Waals surface area contributed by atoms with Crippen LogP contribution in [0.5, 0.6) is 0 Å². The van der Waals surface area contributed by atoms with Crippen LogP contribution in [0.25, 0.3) is 0 Å². The zero-order chi connectivity index (χ0) is 16.2. The lowest BCUT2D eigenvalue weighted by molar-refractivity contribution is -0.386. The van der Waals surface area contributed by atoms with Gasteiger partial charge in [-0.3, -0.25) is 10.1 Å². The molecule has 0 aliphatic rings. The van der Waals surface area contributed by atoms with Crippen LogP contribution >= 0.6 is 0 Å². The second-order valence-corrected chi connectivity index (χ2v) is 6.43. The molecule has 0 heterocycles. The first-order valence-corrected chi connectivity index (χ1v) is 7.82.